The van der Waals surface area contributed by atoms with E-state index in [9.17, 15) is 9.59 Å². The van der Waals surface area contributed by atoms with Gasteiger partial charge in [-0.25, -0.2) is 4.98 Å². The Hall–Kier alpha value is -2.63. The Morgan fingerprint density at radius 1 is 1.30 bits per heavy atom. The lowest BCUT2D eigenvalue weighted by molar-refractivity contribution is 0.0819. The zero-order valence-electron chi connectivity index (χ0n) is 11.5. The minimum absolute atomic E-state index is 0.154. The van der Waals surface area contributed by atoms with Gasteiger partial charge in [0.2, 0.25) is 0 Å². The molecule has 0 saturated heterocycles. The molecule has 0 saturated carbocycles. The topological polar surface area (TPSA) is 59.6 Å². The van der Waals surface area contributed by atoms with Crippen LogP contribution in [0.15, 0.2) is 35.3 Å². The van der Waals surface area contributed by atoms with Crippen molar-refractivity contribution < 1.29 is 4.79 Å². The number of hydrogen-bond donors (Lipinski definition) is 0. The predicted molar refractivity (Wildman–Crippen MR) is 76.0 cm³/mol. The summed E-state index contributed by atoms with van der Waals surface area (Å²) in [6.07, 6.45) is 1.67. The van der Waals surface area contributed by atoms with E-state index in [1.54, 1.807) is 50.1 Å². The summed E-state index contributed by atoms with van der Waals surface area (Å²) in [6.45, 7) is 0. The van der Waals surface area contributed by atoms with E-state index in [-0.39, 0.29) is 11.5 Å². The van der Waals surface area contributed by atoms with Crippen molar-refractivity contribution in [3.8, 4) is 0 Å². The monoisotopic (exact) mass is 270 g/mol. The first-order valence-corrected chi connectivity index (χ1v) is 6.19. The van der Waals surface area contributed by atoms with Gasteiger partial charge >= 0.3 is 0 Å². The Kier molecular flexibility index (Phi) is 2.60. The Labute approximate surface area is 114 Å². The summed E-state index contributed by atoms with van der Waals surface area (Å²) in [5, 5.41) is 0.446. The van der Waals surface area contributed by atoms with E-state index in [1.165, 1.54) is 9.30 Å². The van der Waals surface area contributed by atoms with E-state index in [1.807, 2.05) is 6.07 Å². The molecular formula is C14H14N4O2. The third-order valence-corrected chi connectivity index (χ3v) is 3.33. The van der Waals surface area contributed by atoms with Crippen LogP contribution in [0, 0.1) is 0 Å². The van der Waals surface area contributed by atoms with E-state index in [2.05, 4.69) is 4.98 Å². The van der Waals surface area contributed by atoms with E-state index >= 15 is 0 Å². The Morgan fingerprint density at radius 3 is 2.75 bits per heavy atom. The molecule has 3 aromatic rings. The summed E-state index contributed by atoms with van der Waals surface area (Å²) in [7, 11) is 5.10. The Bertz CT molecular complexity index is 889. The number of carbonyl (C=O) groups is 1. The van der Waals surface area contributed by atoms with Crippen LogP contribution in [0.5, 0.6) is 0 Å². The first kappa shape index (κ1) is 12.4. The number of carbonyl (C=O) groups excluding carboxylic acids is 1. The third kappa shape index (κ3) is 1.61. The van der Waals surface area contributed by atoms with Crippen molar-refractivity contribution in [2.24, 2.45) is 7.05 Å². The van der Waals surface area contributed by atoms with E-state index < -0.39 is 0 Å². The molecule has 1 amide bonds. The number of amides is 1. The highest BCUT2D eigenvalue weighted by Gasteiger charge is 2.18. The van der Waals surface area contributed by atoms with Gasteiger partial charge in [0.05, 0.1) is 5.39 Å². The SMILES string of the molecule is CN(C)C(=O)c1cc2c(=O)n3ccccc3nc2n1C. The van der Waals surface area contributed by atoms with Gasteiger partial charge in [-0.2, -0.15) is 0 Å². The summed E-state index contributed by atoms with van der Waals surface area (Å²) in [4.78, 5) is 30.5. The summed E-state index contributed by atoms with van der Waals surface area (Å²) >= 11 is 0. The largest absolute Gasteiger partial charge is 0.343 e. The summed E-state index contributed by atoms with van der Waals surface area (Å²) in [5.41, 5.74) is 1.37. The number of pyridine rings is 1. The molecule has 6 heteroatoms. The molecule has 102 valence electrons. The molecule has 3 aromatic heterocycles. The lowest BCUT2D eigenvalue weighted by Gasteiger charge is -2.10. The molecule has 0 N–H and O–H groups in total. The second-order valence-electron chi connectivity index (χ2n) is 4.87. The van der Waals surface area contributed by atoms with Gasteiger partial charge in [-0.3, -0.25) is 14.0 Å². The van der Waals surface area contributed by atoms with Crippen LogP contribution in [-0.2, 0) is 7.05 Å². The number of hydrogen-bond acceptors (Lipinski definition) is 3. The number of fused-ring (bicyclic) bond motifs is 2. The highest BCUT2D eigenvalue weighted by atomic mass is 16.2. The molecule has 0 atom stereocenters. The standard InChI is InChI=1S/C14H14N4O2/c1-16(2)14(20)10-8-9-12(17(10)3)15-11-6-4-5-7-18(11)13(9)19/h4-8H,1-3H3. The molecule has 3 heterocycles. The summed E-state index contributed by atoms with van der Waals surface area (Å²) in [5.74, 6) is -0.154. The molecule has 0 fully saturated rings. The lowest BCUT2D eigenvalue weighted by Crippen LogP contribution is -2.23. The van der Waals surface area contributed by atoms with Gasteiger partial charge in [0, 0.05) is 27.3 Å². The molecule has 0 aromatic carbocycles. The predicted octanol–water partition coefficient (Wildman–Crippen LogP) is 0.888. The highest BCUT2D eigenvalue weighted by Crippen LogP contribution is 2.15. The normalized spacial score (nSPS) is 11.2. The molecule has 0 aliphatic rings. The average Bonchev–Trinajstić information content (AvgIpc) is 2.76. The van der Waals surface area contributed by atoms with Gasteiger partial charge in [0.15, 0.2) is 0 Å². The minimum atomic E-state index is -0.168. The lowest BCUT2D eigenvalue weighted by atomic mass is 10.3. The highest BCUT2D eigenvalue weighted by molar-refractivity contribution is 5.97. The van der Waals surface area contributed by atoms with Gasteiger partial charge in [-0.1, -0.05) is 6.07 Å². The van der Waals surface area contributed by atoms with Crippen molar-refractivity contribution in [1.82, 2.24) is 18.9 Å². The second-order valence-corrected chi connectivity index (χ2v) is 4.87. The van der Waals surface area contributed by atoms with E-state index in [0.29, 0.717) is 22.4 Å². The molecule has 0 radical (unpaired) electrons. The van der Waals surface area contributed by atoms with Crippen LogP contribution in [0.2, 0.25) is 0 Å². The minimum Gasteiger partial charge on any atom is -0.343 e. The second kappa shape index (κ2) is 4.19. The quantitative estimate of drug-likeness (QED) is 0.659. The van der Waals surface area contributed by atoms with Crippen LogP contribution in [0.25, 0.3) is 16.7 Å². The molecule has 0 unspecified atom stereocenters. The smallest absolute Gasteiger partial charge is 0.270 e. The van der Waals surface area contributed by atoms with Gasteiger partial charge < -0.3 is 9.47 Å². The Morgan fingerprint density at radius 2 is 2.05 bits per heavy atom. The zero-order chi connectivity index (χ0) is 14.4. The maximum absolute atomic E-state index is 12.4. The average molecular weight is 270 g/mol. The van der Waals surface area contributed by atoms with Crippen LogP contribution >= 0.6 is 0 Å². The van der Waals surface area contributed by atoms with Crippen molar-refractivity contribution in [2.75, 3.05) is 14.1 Å². The maximum atomic E-state index is 12.4. The first-order valence-electron chi connectivity index (χ1n) is 6.19. The number of aromatic nitrogens is 3. The maximum Gasteiger partial charge on any atom is 0.270 e. The molecule has 0 spiro atoms. The van der Waals surface area contributed by atoms with Gasteiger partial charge in [0.25, 0.3) is 11.5 Å². The summed E-state index contributed by atoms with van der Waals surface area (Å²) < 4.78 is 3.14. The molecule has 0 bridgehead atoms. The Balaban J connectivity index is 2.42. The number of nitrogens with zero attached hydrogens (tertiary/aromatic N) is 4. The fourth-order valence-electron chi connectivity index (χ4n) is 2.25. The van der Waals surface area contributed by atoms with E-state index in [4.69, 9.17) is 0 Å². The van der Waals surface area contributed by atoms with Gasteiger partial charge in [0.1, 0.15) is 17.0 Å². The molecule has 3 rings (SSSR count). The van der Waals surface area contributed by atoms with Crippen LogP contribution < -0.4 is 5.56 Å². The fraction of sp³-hybridized carbons (Fsp3) is 0.214. The number of rotatable bonds is 1. The van der Waals surface area contributed by atoms with E-state index in [0.717, 1.165) is 0 Å². The first-order chi connectivity index (χ1) is 9.50. The van der Waals surface area contributed by atoms with Crippen LogP contribution in [0.1, 0.15) is 10.5 Å². The van der Waals surface area contributed by atoms with Gasteiger partial charge in [-0.15, -0.1) is 0 Å². The van der Waals surface area contributed by atoms with Crippen molar-refractivity contribution in [2.45, 2.75) is 0 Å². The zero-order valence-corrected chi connectivity index (χ0v) is 11.5. The van der Waals surface area contributed by atoms with Crippen molar-refractivity contribution in [3.63, 3.8) is 0 Å². The third-order valence-electron chi connectivity index (χ3n) is 3.33. The van der Waals surface area contributed by atoms with Crippen LogP contribution in [-0.4, -0.2) is 38.9 Å². The van der Waals surface area contributed by atoms with Crippen LogP contribution in [0.3, 0.4) is 0 Å². The van der Waals surface area contributed by atoms with Crippen molar-refractivity contribution >= 4 is 22.6 Å². The van der Waals surface area contributed by atoms with Crippen molar-refractivity contribution in [1.29, 1.82) is 0 Å². The molecular weight excluding hydrogens is 256 g/mol. The summed E-state index contributed by atoms with van der Waals surface area (Å²) in [6, 6.07) is 6.97. The number of aryl methyl sites for hydroxylation is 1. The van der Waals surface area contributed by atoms with Crippen LogP contribution in [0.4, 0.5) is 0 Å². The van der Waals surface area contributed by atoms with Crippen molar-refractivity contribution in [3.05, 3.63) is 46.5 Å². The van der Waals surface area contributed by atoms with Gasteiger partial charge in [-0.05, 0) is 18.2 Å². The molecule has 6 nitrogen and oxygen atoms in total. The molecule has 0 aliphatic heterocycles. The fourth-order valence-corrected chi connectivity index (χ4v) is 2.25. The molecule has 0 aliphatic carbocycles. The molecule has 20 heavy (non-hydrogen) atoms.